The Balaban J connectivity index is 1.93. The Labute approximate surface area is 150 Å². The number of nitrogens with zero attached hydrogens (tertiary/aromatic N) is 2. The van der Waals surface area contributed by atoms with Crippen molar-refractivity contribution in [2.45, 2.75) is 20.0 Å². The Hall–Kier alpha value is -2.60. The lowest BCUT2D eigenvalue weighted by atomic mass is 10.2. The van der Waals surface area contributed by atoms with E-state index in [4.69, 9.17) is 9.47 Å². The molecule has 0 bridgehead atoms. The number of benzene rings is 2. The molecule has 0 fully saturated rings. The van der Waals surface area contributed by atoms with Crippen molar-refractivity contribution in [3.63, 3.8) is 0 Å². The lowest BCUT2D eigenvalue weighted by Crippen LogP contribution is -2.13. The second-order valence-corrected chi connectivity index (χ2v) is 6.89. The Morgan fingerprint density at radius 2 is 1.80 bits per heavy atom. The van der Waals surface area contributed by atoms with Crippen LogP contribution >= 0.6 is 11.3 Å². The molecule has 0 aliphatic heterocycles. The van der Waals surface area contributed by atoms with Gasteiger partial charge < -0.3 is 14.0 Å². The molecule has 0 unspecified atom stereocenters. The first-order valence-electron chi connectivity index (χ1n) is 7.97. The minimum Gasteiger partial charge on any atom is -0.497 e. The molecular formula is C19H20N2O3S. The summed E-state index contributed by atoms with van der Waals surface area (Å²) in [5, 5.41) is 0. The highest BCUT2D eigenvalue weighted by atomic mass is 32.1. The van der Waals surface area contributed by atoms with Crippen molar-refractivity contribution in [1.29, 1.82) is 0 Å². The summed E-state index contributed by atoms with van der Waals surface area (Å²) in [6.07, 6.45) is 0.0980. The second kappa shape index (κ2) is 7.11. The Morgan fingerprint density at radius 3 is 2.44 bits per heavy atom. The summed E-state index contributed by atoms with van der Waals surface area (Å²) >= 11 is 1.46. The predicted molar refractivity (Wildman–Crippen MR) is 99.4 cm³/mol. The summed E-state index contributed by atoms with van der Waals surface area (Å²) in [6, 6.07) is 12.9. The molecule has 25 heavy (non-hydrogen) atoms. The lowest BCUT2D eigenvalue weighted by Gasteiger charge is -2.09. The van der Waals surface area contributed by atoms with E-state index < -0.39 is 0 Å². The van der Waals surface area contributed by atoms with Gasteiger partial charge in [-0.25, -0.2) is 0 Å². The SMILES string of the molecule is COc1ccc2c(c1)sc(=NC(=O)c1ccc(OC(C)C)cc1)n2C. The monoisotopic (exact) mass is 356 g/mol. The summed E-state index contributed by atoms with van der Waals surface area (Å²) in [4.78, 5) is 17.4. The highest BCUT2D eigenvalue weighted by molar-refractivity contribution is 7.16. The number of methoxy groups -OCH3 is 1. The molecule has 1 heterocycles. The fourth-order valence-corrected chi connectivity index (χ4v) is 3.49. The summed E-state index contributed by atoms with van der Waals surface area (Å²) in [7, 11) is 3.53. The van der Waals surface area contributed by atoms with Crippen molar-refractivity contribution in [1.82, 2.24) is 4.57 Å². The van der Waals surface area contributed by atoms with E-state index in [2.05, 4.69) is 4.99 Å². The number of thiazole rings is 1. The number of ether oxygens (including phenoxy) is 2. The number of fused-ring (bicyclic) bond motifs is 1. The molecule has 0 saturated heterocycles. The van der Waals surface area contributed by atoms with Gasteiger partial charge in [0.1, 0.15) is 11.5 Å². The molecule has 0 spiro atoms. The van der Waals surface area contributed by atoms with E-state index in [0.717, 1.165) is 21.7 Å². The van der Waals surface area contributed by atoms with Gasteiger partial charge in [-0.1, -0.05) is 11.3 Å². The molecule has 6 heteroatoms. The van der Waals surface area contributed by atoms with Crippen LogP contribution in [0.25, 0.3) is 10.2 Å². The average Bonchev–Trinajstić information content (AvgIpc) is 2.90. The van der Waals surface area contributed by atoms with Crippen LogP contribution in [-0.2, 0) is 7.05 Å². The number of carbonyl (C=O) groups excluding carboxylic acids is 1. The first kappa shape index (κ1) is 17.2. The van der Waals surface area contributed by atoms with Gasteiger partial charge in [0.15, 0.2) is 4.80 Å². The van der Waals surface area contributed by atoms with Crippen molar-refractivity contribution < 1.29 is 14.3 Å². The lowest BCUT2D eigenvalue weighted by molar-refractivity contribution is 0.0998. The molecule has 0 N–H and O–H groups in total. The third-order valence-corrected chi connectivity index (χ3v) is 4.78. The number of hydrogen-bond donors (Lipinski definition) is 0. The normalized spacial score (nSPS) is 12.0. The van der Waals surface area contributed by atoms with Crippen molar-refractivity contribution >= 4 is 27.5 Å². The van der Waals surface area contributed by atoms with E-state index in [1.165, 1.54) is 11.3 Å². The number of hydrogen-bond acceptors (Lipinski definition) is 4. The van der Waals surface area contributed by atoms with Crippen LogP contribution in [0, 0.1) is 0 Å². The molecule has 3 rings (SSSR count). The maximum Gasteiger partial charge on any atom is 0.279 e. The van der Waals surface area contributed by atoms with Crippen molar-refractivity contribution in [2.24, 2.45) is 12.0 Å². The first-order chi connectivity index (χ1) is 12.0. The van der Waals surface area contributed by atoms with E-state index in [9.17, 15) is 4.79 Å². The molecule has 1 amide bonds. The first-order valence-corrected chi connectivity index (χ1v) is 8.79. The fourth-order valence-electron chi connectivity index (χ4n) is 2.45. The summed E-state index contributed by atoms with van der Waals surface area (Å²) in [5.74, 6) is 1.25. The van der Waals surface area contributed by atoms with Gasteiger partial charge in [-0.3, -0.25) is 4.79 Å². The zero-order chi connectivity index (χ0) is 18.0. The molecule has 130 valence electrons. The maximum absolute atomic E-state index is 12.5. The number of aryl methyl sites for hydroxylation is 1. The van der Waals surface area contributed by atoms with E-state index in [-0.39, 0.29) is 12.0 Å². The van der Waals surface area contributed by atoms with Crippen LogP contribution in [0.1, 0.15) is 24.2 Å². The quantitative estimate of drug-likeness (QED) is 0.715. The van der Waals surface area contributed by atoms with Crippen LogP contribution in [0.5, 0.6) is 11.5 Å². The van der Waals surface area contributed by atoms with Gasteiger partial charge in [-0.15, -0.1) is 0 Å². The van der Waals surface area contributed by atoms with Gasteiger partial charge in [0, 0.05) is 12.6 Å². The van der Waals surface area contributed by atoms with Crippen molar-refractivity contribution in [3.05, 3.63) is 52.8 Å². The number of rotatable bonds is 4. The topological polar surface area (TPSA) is 52.8 Å². The molecule has 1 aromatic heterocycles. The summed E-state index contributed by atoms with van der Waals surface area (Å²) < 4.78 is 13.8. The van der Waals surface area contributed by atoms with Crippen LogP contribution in [0.15, 0.2) is 47.5 Å². The van der Waals surface area contributed by atoms with E-state index >= 15 is 0 Å². The molecule has 5 nitrogen and oxygen atoms in total. The molecule has 2 aromatic carbocycles. The summed E-state index contributed by atoms with van der Waals surface area (Å²) in [6.45, 7) is 3.93. The Kier molecular flexibility index (Phi) is 4.90. The van der Waals surface area contributed by atoms with Crippen molar-refractivity contribution in [2.75, 3.05) is 7.11 Å². The third kappa shape index (κ3) is 3.74. The number of aromatic nitrogens is 1. The highest BCUT2D eigenvalue weighted by Crippen LogP contribution is 2.22. The van der Waals surface area contributed by atoms with Crippen molar-refractivity contribution in [3.8, 4) is 11.5 Å². The zero-order valence-corrected chi connectivity index (χ0v) is 15.5. The smallest absolute Gasteiger partial charge is 0.279 e. The molecule has 0 aliphatic carbocycles. The van der Waals surface area contributed by atoms with E-state index in [1.807, 2.05) is 43.7 Å². The zero-order valence-electron chi connectivity index (χ0n) is 14.6. The third-order valence-electron chi connectivity index (χ3n) is 3.69. The minimum absolute atomic E-state index is 0.0980. The average molecular weight is 356 g/mol. The number of amides is 1. The highest BCUT2D eigenvalue weighted by Gasteiger charge is 2.08. The number of carbonyl (C=O) groups is 1. The fraction of sp³-hybridized carbons (Fsp3) is 0.263. The van der Waals surface area contributed by atoms with Crippen LogP contribution in [-0.4, -0.2) is 23.7 Å². The Bertz CT molecular complexity index is 968. The minimum atomic E-state index is -0.273. The predicted octanol–water partition coefficient (Wildman–Crippen LogP) is 3.78. The standard InChI is InChI=1S/C19H20N2O3S/c1-12(2)24-14-7-5-13(6-8-14)18(22)20-19-21(3)16-10-9-15(23-4)11-17(16)25-19/h5-12H,1-4H3. The Morgan fingerprint density at radius 1 is 1.12 bits per heavy atom. The molecule has 3 aromatic rings. The van der Waals surface area contributed by atoms with Crippen LogP contribution in [0.4, 0.5) is 0 Å². The molecule has 0 radical (unpaired) electrons. The second-order valence-electron chi connectivity index (χ2n) is 5.89. The van der Waals surface area contributed by atoms with Gasteiger partial charge >= 0.3 is 0 Å². The molecular weight excluding hydrogens is 336 g/mol. The largest absolute Gasteiger partial charge is 0.497 e. The van der Waals surface area contributed by atoms with Gasteiger partial charge in [-0.2, -0.15) is 4.99 Å². The van der Waals surface area contributed by atoms with Crippen LogP contribution < -0.4 is 14.3 Å². The molecule has 0 atom stereocenters. The maximum atomic E-state index is 12.5. The molecule has 0 aliphatic rings. The van der Waals surface area contributed by atoms with Gasteiger partial charge in [-0.05, 0) is 56.3 Å². The molecule has 0 saturated carbocycles. The van der Waals surface area contributed by atoms with Crippen LogP contribution in [0.2, 0.25) is 0 Å². The van der Waals surface area contributed by atoms with Crippen LogP contribution in [0.3, 0.4) is 0 Å². The van der Waals surface area contributed by atoms with Gasteiger partial charge in [0.05, 0.1) is 23.4 Å². The van der Waals surface area contributed by atoms with E-state index in [1.54, 1.807) is 31.4 Å². The van der Waals surface area contributed by atoms with Gasteiger partial charge in [0.2, 0.25) is 0 Å². The summed E-state index contributed by atoms with van der Waals surface area (Å²) in [5.41, 5.74) is 1.55. The van der Waals surface area contributed by atoms with E-state index in [0.29, 0.717) is 10.4 Å². The van der Waals surface area contributed by atoms with Gasteiger partial charge in [0.25, 0.3) is 5.91 Å².